The number of pyridine rings is 2. The van der Waals surface area contributed by atoms with Gasteiger partial charge in [-0.1, -0.05) is 6.92 Å². The van der Waals surface area contributed by atoms with Crippen molar-refractivity contribution >= 4 is 22.8 Å². The minimum absolute atomic E-state index is 0.0680. The molecule has 0 saturated carbocycles. The van der Waals surface area contributed by atoms with E-state index < -0.39 is 28.7 Å². The Balaban J connectivity index is 1.45. The van der Waals surface area contributed by atoms with Crippen molar-refractivity contribution in [1.82, 2.24) is 15.0 Å². The number of aromatic amines is 1. The zero-order valence-corrected chi connectivity index (χ0v) is 19.8. The topological polar surface area (TPSA) is 136 Å². The largest absolute Gasteiger partial charge is 0.480 e. The quantitative estimate of drug-likeness (QED) is 0.349. The number of ether oxygens (including phenoxy) is 2. The lowest BCUT2D eigenvalue weighted by molar-refractivity contribution is 0.0690. The predicted molar refractivity (Wildman–Crippen MR) is 131 cm³/mol. The van der Waals surface area contributed by atoms with Gasteiger partial charge in [-0.05, 0) is 41.5 Å². The molecule has 4 heterocycles. The Morgan fingerprint density at radius 3 is 2.65 bits per heavy atom. The molecule has 4 N–H and O–H groups in total. The van der Waals surface area contributed by atoms with Gasteiger partial charge in [0.05, 0.1) is 25.1 Å². The number of carbonyl (C=O) groups is 1. The lowest BCUT2D eigenvalue weighted by Crippen LogP contribution is -2.36. The molecule has 1 amide bonds. The van der Waals surface area contributed by atoms with Gasteiger partial charge in [-0.3, -0.25) is 14.8 Å². The molecular formula is C26H23F2N5O4. The normalized spacial score (nSPS) is 17.4. The number of benzene rings is 1. The van der Waals surface area contributed by atoms with Crippen LogP contribution in [0.15, 0.2) is 53.9 Å². The molecule has 1 aliphatic heterocycles. The summed E-state index contributed by atoms with van der Waals surface area (Å²) in [6.45, 7) is 2.40. The van der Waals surface area contributed by atoms with Crippen molar-refractivity contribution in [3.05, 3.63) is 71.8 Å². The van der Waals surface area contributed by atoms with Gasteiger partial charge >= 0.3 is 0 Å². The number of aliphatic imine (C=N–C) groups is 1. The zero-order valence-electron chi connectivity index (χ0n) is 19.8. The number of nitrogens with zero attached hydrogens (tertiary/aromatic N) is 3. The Morgan fingerprint density at radius 2 is 1.97 bits per heavy atom. The number of H-pyrrole nitrogens is 1. The number of aliphatic hydroxyl groups is 1. The first-order chi connectivity index (χ1) is 17.8. The standard InChI is InChI=1S/C26H23F2N5O4/c1-26(12-34)11-33-21(36-13-26)8-14-6-17(27)23(18(28)7-14)37-20-3-5-31-25-22(20)16(10-32-25)15-2-4-30-19(9-15)24(29)35/h2-7,9-10,34H,8,11-13H2,1H3,(H2,29,35)(H,31,32). The third-order valence-corrected chi connectivity index (χ3v) is 6.09. The second kappa shape index (κ2) is 9.58. The maximum atomic E-state index is 15.1. The van der Waals surface area contributed by atoms with E-state index in [4.69, 9.17) is 15.2 Å². The number of nitrogens with one attached hydrogen (secondary N) is 1. The first kappa shape index (κ1) is 24.3. The van der Waals surface area contributed by atoms with Crippen LogP contribution in [-0.2, 0) is 11.2 Å². The molecule has 3 aromatic heterocycles. The molecular weight excluding hydrogens is 484 g/mol. The average Bonchev–Trinajstić information content (AvgIpc) is 3.33. The van der Waals surface area contributed by atoms with Crippen molar-refractivity contribution in [2.75, 3.05) is 19.8 Å². The van der Waals surface area contributed by atoms with Gasteiger partial charge in [-0.25, -0.2) is 13.8 Å². The molecule has 190 valence electrons. The Hall–Kier alpha value is -4.38. The highest BCUT2D eigenvalue weighted by atomic mass is 19.1. The lowest BCUT2D eigenvalue weighted by Gasteiger charge is -2.30. The van der Waals surface area contributed by atoms with E-state index in [-0.39, 0.29) is 31.1 Å². The van der Waals surface area contributed by atoms with E-state index >= 15 is 8.78 Å². The van der Waals surface area contributed by atoms with Gasteiger partial charge in [0.1, 0.15) is 17.1 Å². The van der Waals surface area contributed by atoms with Crippen molar-refractivity contribution in [3.8, 4) is 22.6 Å². The maximum Gasteiger partial charge on any atom is 0.267 e. The van der Waals surface area contributed by atoms with E-state index in [0.717, 1.165) is 0 Å². The van der Waals surface area contributed by atoms with Gasteiger partial charge in [-0.15, -0.1) is 0 Å². The summed E-state index contributed by atoms with van der Waals surface area (Å²) in [5, 5.41) is 9.89. The molecule has 0 radical (unpaired) electrons. The summed E-state index contributed by atoms with van der Waals surface area (Å²) < 4.78 is 41.4. The average molecular weight is 507 g/mol. The molecule has 5 rings (SSSR count). The molecule has 0 bridgehead atoms. The number of carbonyl (C=O) groups excluding carboxylic acids is 1. The molecule has 0 fully saturated rings. The van der Waals surface area contributed by atoms with E-state index in [1.54, 1.807) is 12.3 Å². The highest BCUT2D eigenvalue weighted by Crippen LogP contribution is 2.38. The van der Waals surface area contributed by atoms with Gasteiger partial charge in [0.25, 0.3) is 5.91 Å². The Kier molecular flexibility index (Phi) is 6.30. The second-order valence-corrected chi connectivity index (χ2v) is 9.16. The van der Waals surface area contributed by atoms with Crippen LogP contribution >= 0.6 is 0 Å². The van der Waals surface area contributed by atoms with Gasteiger partial charge in [-0.2, -0.15) is 0 Å². The van der Waals surface area contributed by atoms with Crippen LogP contribution in [-0.4, -0.2) is 51.6 Å². The number of nitrogens with two attached hydrogens (primary N) is 1. The molecule has 9 nitrogen and oxygen atoms in total. The van der Waals surface area contributed by atoms with Crippen LogP contribution in [0.4, 0.5) is 8.78 Å². The van der Waals surface area contributed by atoms with Crippen LogP contribution in [0.3, 0.4) is 0 Å². The molecule has 1 aromatic carbocycles. The van der Waals surface area contributed by atoms with Crippen molar-refractivity contribution in [2.45, 2.75) is 13.3 Å². The minimum atomic E-state index is -0.895. The van der Waals surface area contributed by atoms with Gasteiger partial charge < -0.3 is 25.3 Å². The van der Waals surface area contributed by atoms with Crippen LogP contribution in [0.1, 0.15) is 23.0 Å². The summed E-state index contributed by atoms with van der Waals surface area (Å²) in [7, 11) is 0. The first-order valence-electron chi connectivity index (χ1n) is 11.4. The summed E-state index contributed by atoms with van der Waals surface area (Å²) in [6.07, 6.45) is 4.63. The number of halogens is 2. The molecule has 0 spiro atoms. The molecule has 1 unspecified atom stereocenters. The monoisotopic (exact) mass is 507 g/mol. The number of amides is 1. The van der Waals surface area contributed by atoms with Crippen molar-refractivity contribution in [1.29, 1.82) is 0 Å². The third-order valence-electron chi connectivity index (χ3n) is 6.09. The number of hydrogen-bond donors (Lipinski definition) is 3. The summed E-state index contributed by atoms with van der Waals surface area (Å²) in [6, 6.07) is 7.01. The summed E-state index contributed by atoms with van der Waals surface area (Å²) in [4.78, 5) is 27.1. The smallest absolute Gasteiger partial charge is 0.267 e. The molecule has 1 aliphatic rings. The van der Waals surface area contributed by atoms with Gasteiger partial charge in [0.2, 0.25) is 0 Å². The second-order valence-electron chi connectivity index (χ2n) is 9.16. The van der Waals surface area contributed by atoms with Gasteiger partial charge in [0.15, 0.2) is 23.3 Å². The van der Waals surface area contributed by atoms with Crippen LogP contribution in [0, 0.1) is 17.0 Å². The van der Waals surface area contributed by atoms with E-state index in [0.29, 0.717) is 40.2 Å². The molecule has 4 aromatic rings. The highest BCUT2D eigenvalue weighted by molar-refractivity contribution is 5.99. The van der Waals surface area contributed by atoms with Crippen LogP contribution in [0.2, 0.25) is 0 Å². The number of primary amides is 1. The summed E-state index contributed by atoms with van der Waals surface area (Å²) in [5.74, 6) is -2.55. The molecule has 11 heteroatoms. The predicted octanol–water partition coefficient (Wildman–Crippen LogP) is 3.76. The zero-order chi connectivity index (χ0) is 26.2. The van der Waals surface area contributed by atoms with E-state index in [2.05, 4.69) is 19.9 Å². The molecule has 0 aliphatic carbocycles. The fraction of sp³-hybridized carbons (Fsp3) is 0.231. The number of rotatable bonds is 7. The van der Waals surface area contributed by atoms with Crippen molar-refractivity contribution in [3.63, 3.8) is 0 Å². The lowest BCUT2D eigenvalue weighted by atomic mass is 9.92. The van der Waals surface area contributed by atoms with Gasteiger partial charge in [0, 0.05) is 36.0 Å². The maximum absolute atomic E-state index is 15.1. The number of fused-ring (bicyclic) bond motifs is 1. The third kappa shape index (κ3) is 4.85. The molecule has 1 atom stereocenters. The fourth-order valence-corrected chi connectivity index (χ4v) is 4.00. The molecule has 37 heavy (non-hydrogen) atoms. The summed E-state index contributed by atoms with van der Waals surface area (Å²) >= 11 is 0. The fourth-order valence-electron chi connectivity index (χ4n) is 4.00. The van der Waals surface area contributed by atoms with Crippen LogP contribution < -0.4 is 10.5 Å². The minimum Gasteiger partial charge on any atom is -0.480 e. The van der Waals surface area contributed by atoms with Crippen LogP contribution in [0.25, 0.3) is 22.2 Å². The van der Waals surface area contributed by atoms with E-state index in [9.17, 15) is 9.90 Å². The Bertz CT molecular complexity index is 1510. The Morgan fingerprint density at radius 1 is 1.22 bits per heavy atom. The van der Waals surface area contributed by atoms with Crippen LogP contribution in [0.5, 0.6) is 11.5 Å². The van der Waals surface area contributed by atoms with Crippen molar-refractivity contribution < 1.29 is 28.2 Å². The molecule has 0 saturated heterocycles. The Labute approximate surface area is 210 Å². The SMILES string of the molecule is CC1(CO)CN=C(Cc2cc(F)c(Oc3ccnc4[nH]cc(-c5ccnc(C(N)=O)c5)c34)c(F)c2)OC1. The van der Waals surface area contributed by atoms with Crippen molar-refractivity contribution in [2.24, 2.45) is 16.1 Å². The highest BCUT2D eigenvalue weighted by Gasteiger charge is 2.29. The number of aliphatic hydroxyl groups excluding tert-OH is 1. The first-order valence-corrected chi connectivity index (χ1v) is 11.4. The summed E-state index contributed by atoms with van der Waals surface area (Å²) in [5.41, 5.74) is 6.87. The number of hydrogen-bond acceptors (Lipinski definition) is 7. The van der Waals surface area contributed by atoms with E-state index in [1.807, 2.05) is 6.92 Å². The number of aromatic nitrogens is 3. The van der Waals surface area contributed by atoms with E-state index in [1.165, 1.54) is 36.7 Å².